The molecule has 2 bridgehead atoms. The average Bonchev–Trinajstić information content (AvgIpc) is 2.61. The van der Waals surface area contributed by atoms with Gasteiger partial charge in [-0.3, -0.25) is 0 Å². The zero-order valence-electron chi connectivity index (χ0n) is 9.59. The van der Waals surface area contributed by atoms with Crippen LogP contribution in [0.5, 0.6) is 0 Å². The first-order chi connectivity index (χ1) is 6.46. The van der Waals surface area contributed by atoms with Crippen LogP contribution in [0.25, 0.3) is 0 Å². The van der Waals surface area contributed by atoms with Crippen molar-refractivity contribution in [3.05, 3.63) is 0 Å². The maximum absolute atomic E-state index is 10.5. The molecule has 3 saturated carbocycles. The molecule has 0 aromatic carbocycles. The van der Waals surface area contributed by atoms with E-state index < -0.39 is 0 Å². The van der Waals surface area contributed by atoms with Crippen molar-refractivity contribution in [1.29, 1.82) is 0 Å². The van der Waals surface area contributed by atoms with Crippen LogP contribution >= 0.6 is 0 Å². The van der Waals surface area contributed by atoms with Crippen LogP contribution in [-0.4, -0.2) is 10.7 Å². The van der Waals surface area contributed by atoms with E-state index in [9.17, 15) is 5.11 Å². The fourth-order valence-electron chi connectivity index (χ4n) is 5.24. The summed E-state index contributed by atoms with van der Waals surface area (Å²) in [5.74, 6) is 3.46. The van der Waals surface area contributed by atoms with Crippen LogP contribution < -0.4 is 0 Å². The molecule has 0 saturated heterocycles. The third kappa shape index (κ3) is 0.816. The van der Waals surface area contributed by atoms with E-state index in [1.165, 1.54) is 19.3 Å². The number of hydrogen-bond acceptors (Lipinski definition) is 1. The molecule has 0 amide bonds. The fraction of sp³-hybridized carbons (Fsp3) is 1.00. The molecular formula is C13H22O. The maximum atomic E-state index is 10.5. The van der Waals surface area contributed by atoms with E-state index >= 15 is 0 Å². The third-order valence-electron chi connectivity index (χ3n) is 5.95. The van der Waals surface area contributed by atoms with Gasteiger partial charge in [-0.25, -0.2) is 0 Å². The summed E-state index contributed by atoms with van der Waals surface area (Å²) in [4.78, 5) is 0. The van der Waals surface area contributed by atoms with Crippen molar-refractivity contribution in [3.8, 4) is 0 Å². The lowest BCUT2D eigenvalue weighted by Crippen LogP contribution is -2.48. The first-order valence-electron chi connectivity index (χ1n) is 6.18. The Kier molecular flexibility index (Phi) is 1.56. The highest BCUT2D eigenvalue weighted by molar-refractivity contribution is 5.16. The normalized spacial score (nSPS) is 66.0. The lowest BCUT2D eigenvalue weighted by molar-refractivity contribution is -0.0954. The molecule has 0 aliphatic heterocycles. The van der Waals surface area contributed by atoms with Gasteiger partial charge in [-0.05, 0) is 55.3 Å². The molecule has 80 valence electrons. The number of hydrogen-bond donors (Lipinski definition) is 1. The first-order valence-corrected chi connectivity index (χ1v) is 6.18. The Morgan fingerprint density at radius 2 is 1.86 bits per heavy atom. The summed E-state index contributed by atoms with van der Waals surface area (Å²) < 4.78 is 0. The van der Waals surface area contributed by atoms with Crippen LogP contribution in [0.4, 0.5) is 0 Å². The minimum Gasteiger partial charge on any atom is -0.390 e. The number of fused-ring (bicyclic) bond motifs is 5. The van der Waals surface area contributed by atoms with Crippen molar-refractivity contribution in [2.45, 2.75) is 52.1 Å². The summed E-state index contributed by atoms with van der Waals surface area (Å²) in [6.45, 7) is 6.82. The summed E-state index contributed by atoms with van der Waals surface area (Å²) in [5, 5.41) is 10.5. The standard InChI is InChI=1S/C13H22O/c1-8-4-5-10-9-6-12(2,11(8)10)13(3,14)7-9/h8-11,14H,4-7H2,1-3H3. The Bertz CT molecular complexity index is 270. The van der Waals surface area contributed by atoms with Gasteiger partial charge in [0.1, 0.15) is 0 Å². The summed E-state index contributed by atoms with van der Waals surface area (Å²) in [7, 11) is 0. The van der Waals surface area contributed by atoms with Crippen molar-refractivity contribution in [2.75, 3.05) is 0 Å². The van der Waals surface area contributed by atoms with Gasteiger partial charge in [-0.1, -0.05) is 20.3 Å². The molecule has 0 aromatic heterocycles. The Hall–Kier alpha value is -0.0400. The lowest BCUT2D eigenvalue weighted by Gasteiger charge is -2.46. The highest BCUT2D eigenvalue weighted by Crippen LogP contribution is 2.70. The molecule has 6 unspecified atom stereocenters. The molecule has 0 radical (unpaired) electrons. The van der Waals surface area contributed by atoms with Gasteiger partial charge in [-0.2, -0.15) is 0 Å². The van der Waals surface area contributed by atoms with E-state index in [1.54, 1.807) is 0 Å². The van der Waals surface area contributed by atoms with Gasteiger partial charge in [0.25, 0.3) is 0 Å². The van der Waals surface area contributed by atoms with E-state index in [2.05, 4.69) is 20.8 Å². The predicted octanol–water partition coefficient (Wildman–Crippen LogP) is 2.83. The molecule has 3 fully saturated rings. The van der Waals surface area contributed by atoms with Gasteiger partial charge < -0.3 is 5.11 Å². The molecule has 14 heavy (non-hydrogen) atoms. The molecule has 3 rings (SSSR count). The van der Waals surface area contributed by atoms with Crippen molar-refractivity contribution in [1.82, 2.24) is 0 Å². The van der Waals surface area contributed by atoms with E-state index in [0.717, 1.165) is 30.1 Å². The van der Waals surface area contributed by atoms with Crippen molar-refractivity contribution in [2.24, 2.45) is 29.1 Å². The summed E-state index contributed by atoms with van der Waals surface area (Å²) in [6, 6.07) is 0. The highest BCUT2D eigenvalue weighted by Gasteiger charge is 2.67. The number of rotatable bonds is 0. The highest BCUT2D eigenvalue weighted by atomic mass is 16.3. The van der Waals surface area contributed by atoms with E-state index in [4.69, 9.17) is 0 Å². The predicted molar refractivity (Wildman–Crippen MR) is 56.8 cm³/mol. The van der Waals surface area contributed by atoms with Crippen molar-refractivity contribution >= 4 is 0 Å². The Balaban J connectivity index is 2.03. The Labute approximate surface area is 86.9 Å². The van der Waals surface area contributed by atoms with Gasteiger partial charge in [0.2, 0.25) is 0 Å². The molecule has 3 aliphatic rings. The van der Waals surface area contributed by atoms with Crippen LogP contribution in [0.15, 0.2) is 0 Å². The molecule has 6 atom stereocenters. The summed E-state index contributed by atoms with van der Waals surface area (Å²) in [5.41, 5.74) is -0.143. The largest absolute Gasteiger partial charge is 0.390 e. The second-order valence-corrected chi connectivity index (χ2v) is 6.60. The van der Waals surface area contributed by atoms with Crippen LogP contribution in [0.3, 0.4) is 0 Å². The zero-order valence-corrected chi connectivity index (χ0v) is 9.59. The Morgan fingerprint density at radius 1 is 1.14 bits per heavy atom. The summed E-state index contributed by atoms with van der Waals surface area (Å²) in [6.07, 6.45) is 5.19. The monoisotopic (exact) mass is 194 g/mol. The van der Waals surface area contributed by atoms with Crippen LogP contribution in [0.1, 0.15) is 46.5 Å². The SMILES string of the molecule is CC1CCC2C3CC(C)(O)C(C)(C3)C12. The lowest BCUT2D eigenvalue weighted by atomic mass is 9.62. The molecule has 1 nitrogen and oxygen atoms in total. The van der Waals surface area contributed by atoms with Gasteiger partial charge >= 0.3 is 0 Å². The van der Waals surface area contributed by atoms with Gasteiger partial charge in [-0.15, -0.1) is 0 Å². The molecule has 0 spiro atoms. The second-order valence-electron chi connectivity index (χ2n) is 6.60. The topological polar surface area (TPSA) is 20.2 Å². The minimum atomic E-state index is -0.378. The molecule has 1 N–H and O–H groups in total. The van der Waals surface area contributed by atoms with Crippen LogP contribution in [-0.2, 0) is 0 Å². The third-order valence-corrected chi connectivity index (χ3v) is 5.95. The van der Waals surface area contributed by atoms with Crippen molar-refractivity contribution in [3.63, 3.8) is 0 Å². The molecular weight excluding hydrogens is 172 g/mol. The van der Waals surface area contributed by atoms with E-state index in [-0.39, 0.29) is 11.0 Å². The van der Waals surface area contributed by atoms with Crippen LogP contribution in [0.2, 0.25) is 0 Å². The second kappa shape index (κ2) is 2.37. The molecule has 0 heterocycles. The molecule has 0 aromatic rings. The van der Waals surface area contributed by atoms with E-state index in [0.29, 0.717) is 0 Å². The van der Waals surface area contributed by atoms with Gasteiger partial charge in [0, 0.05) is 0 Å². The van der Waals surface area contributed by atoms with E-state index in [1.807, 2.05) is 0 Å². The van der Waals surface area contributed by atoms with Gasteiger partial charge in [0.05, 0.1) is 5.60 Å². The number of aliphatic hydroxyl groups is 1. The quantitative estimate of drug-likeness (QED) is 0.628. The zero-order chi connectivity index (χ0) is 10.1. The Morgan fingerprint density at radius 3 is 2.57 bits per heavy atom. The van der Waals surface area contributed by atoms with Gasteiger partial charge in [0.15, 0.2) is 0 Å². The van der Waals surface area contributed by atoms with Crippen molar-refractivity contribution < 1.29 is 5.11 Å². The molecule has 1 heteroatoms. The maximum Gasteiger partial charge on any atom is 0.0678 e. The van der Waals surface area contributed by atoms with Crippen LogP contribution in [0, 0.1) is 29.1 Å². The smallest absolute Gasteiger partial charge is 0.0678 e. The minimum absolute atomic E-state index is 0.234. The summed E-state index contributed by atoms with van der Waals surface area (Å²) >= 11 is 0. The first kappa shape index (κ1) is 9.21. The molecule has 3 aliphatic carbocycles. The average molecular weight is 194 g/mol. The fourth-order valence-corrected chi connectivity index (χ4v) is 5.24.